The fraction of sp³-hybridized carbons (Fsp3) is 0.333. The second-order valence-corrected chi connectivity index (χ2v) is 5.73. The zero-order chi connectivity index (χ0) is 14.4. The third-order valence-corrected chi connectivity index (χ3v) is 3.71. The number of anilines is 1. The minimum atomic E-state index is 0.0296. The number of benzene rings is 1. The lowest BCUT2D eigenvalue weighted by Crippen LogP contribution is -2.16. The van der Waals surface area contributed by atoms with Crippen molar-refractivity contribution in [3.8, 4) is 10.6 Å². The second kappa shape index (κ2) is 7.17. The summed E-state index contributed by atoms with van der Waals surface area (Å²) in [5.74, 6) is 0.0296. The second-order valence-electron chi connectivity index (χ2n) is 4.84. The fourth-order valence-electron chi connectivity index (χ4n) is 1.90. The van der Waals surface area contributed by atoms with Gasteiger partial charge in [-0.2, -0.15) is 0 Å². The molecule has 1 unspecified atom stereocenters. The number of nitrogens with zero attached hydrogens (tertiary/aromatic N) is 1. The van der Waals surface area contributed by atoms with E-state index in [1.54, 1.807) is 17.5 Å². The van der Waals surface area contributed by atoms with Gasteiger partial charge in [0.1, 0.15) is 5.01 Å². The first-order chi connectivity index (χ1) is 9.65. The van der Waals surface area contributed by atoms with Crippen LogP contribution in [0.1, 0.15) is 26.2 Å². The molecule has 0 aliphatic heterocycles. The molecule has 5 heteroatoms. The van der Waals surface area contributed by atoms with Crippen LogP contribution in [0.5, 0.6) is 0 Å². The van der Waals surface area contributed by atoms with Crippen molar-refractivity contribution in [2.75, 3.05) is 5.32 Å². The zero-order valence-electron chi connectivity index (χ0n) is 11.5. The first-order valence-corrected chi connectivity index (χ1v) is 7.58. The van der Waals surface area contributed by atoms with Crippen molar-refractivity contribution < 1.29 is 4.79 Å². The highest BCUT2D eigenvalue weighted by atomic mass is 32.1. The summed E-state index contributed by atoms with van der Waals surface area (Å²) in [4.78, 5) is 16.1. The molecule has 0 saturated heterocycles. The van der Waals surface area contributed by atoms with Crippen LogP contribution in [-0.2, 0) is 4.79 Å². The lowest BCUT2D eigenvalue weighted by molar-refractivity contribution is -0.116. The third-order valence-electron chi connectivity index (χ3n) is 2.89. The lowest BCUT2D eigenvalue weighted by Gasteiger charge is -2.07. The summed E-state index contributed by atoms with van der Waals surface area (Å²) in [6.45, 7) is 1.95. The predicted octanol–water partition coefficient (Wildman–Crippen LogP) is 3.27. The largest absolute Gasteiger partial charge is 0.328 e. The quantitative estimate of drug-likeness (QED) is 0.857. The van der Waals surface area contributed by atoms with E-state index in [2.05, 4.69) is 10.3 Å². The molecule has 2 rings (SSSR count). The van der Waals surface area contributed by atoms with Gasteiger partial charge in [0.15, 0.2) is 0 Å². The molecule has 4 nitrogen and oxygen atoms in total. The summed E-state index contributed by atoms with van der Waals surface area (Å²) in [5.41, 5.74) is 7.50. The standard InChI is InChI=1S/C15H19N3OS/c1-11(16)4-2-7-14(19)18-13-6-3-5-12(10-13)15-17-8-9-20-15/h3,5-6,8-11H,2,4,7,16H2,1H3,(H,18,19). The minimum Gasteiger partial charge on any atom is -0.328 e. The number of hydrogen-bond donors (Lipinski definition) is 2. The Hall–Kier alpha value is -1.72. The van der Waals surface area contributed by atoms with Gasteiger partial charge in [0.25, 0.3) is 0 Å². The number of aromatic nitrogens is 1. The maximum absolute atomic E-state index is 11.8. The number of hydrogen-bond acceptors (Lipinski definition) is 4. The van der Waals surface area contributed by atoms with Crippen molar-refractivity contribution in [3.63, 3.8) is 0 Å². The Morgan fingerprint density at radius 3 is 3.05 bits per heavy atom. The van der Waals surface area contributed by atoms with E-state index in [9.17, 15) is 4.79 Å². The lowest BCUT2D eigenvalue weighted by atomic mass is 10.1. The summed E-state index contributed by atoms with van der Waals surface area (Å²) < 4.78 is 0. The van der Waals surface area contributed by atoms with Crippen LogP contribution >= 0.6 is 11.3 Å². The van der Waals surface area contributed by atoms with Gasteiger partial charge in [-0.05, 0) is 31.9 Å². The molecule has 0 aliphatic carbocycles. The van der Waals surface area contributed by atoms with Gasteiger partial charge in [-0.1, -0.05) is 12.1 Å². The van der Waals surface area contributed by atoms with E-state index in [-0.39, 0.29) is 11.9 Å². The van der Waals surface area contributed by atoms with Gasteiger partial charge in [-0.15, -0.1) is 11.3 Å². The number of carbonyl (C=O) groups is 1. The van der Waals surface area contributed by atoms with Crippen molar-refractivity contribution in [2.24, 2.45) is 5.73 Å². The maximum atomic E-state index is 11.8. The van der Waals surface area contributed by atoms with Crippen LogP contribution in [0.15, 0.2) is 35.8 Å². The Balaban J connectivity index is 1.93. The Morgan fingerprint density at radius 2 is 2.35 bits per heavy atom. The third kappa shape index (κ3) is 4.43. The molecule has 0 radical (unpaired) electrons. The summed E-state index contributed by atoms with van der Waals surface area (Å²) >= 11 is 1.58. The molecule has 0 bridgehead atoms. The number of amides is 1. The first-order valence-electron chi connectivity index (χ1n) is 6.70. The topological polar surface area (TPSA) is 68.0 Å². The van der Waals surface area contributed by atoms with Gasteiger partial charge in [0.05, 0.1) is 0 Å². The number of nitrogens with one attached hydrogen (secondary N) is 1. The molecular formula is C15H19N3OS. The van der Waals surface area contributed by atoms with E-state index in [1.807, 2.05) is 36.6 Å². The summed E-state index contributed by atoms with van der Waals surface area (Å²) in [5, 5.41) is 5.81. The van der Waals surface area contributed by atoms with Gasteiger partial charge in [-0.25, -0.2) is 4.98 Å². The smallest absolute Gasteiger partial charge is 0.224 e. The molecule has 1 aromatic carbocycles. The van der Waals surface area contributed by atoms with Gasteiger partial charge in [0.2, 0.25) is 5.91 Å². The van der Waals surface area contributed by atoms with Gasteiger partial charge >= 0.3 is 0 Å². The highest BCUT2D eigenvalue weighted by Crippen LogP contribution is 2.24. The Labute approximate surface area is 123 Å². The van der Waals surface area contributed by atoms with Crippen LogP contribution in [0.4, 0.5) is 5.69 Å². The SMILES string of the molecule is CC(N)CCCC(=O)Nc1cccc(-c2nccs2)c1. The van der Waals surface area contributed by atoms with Crippen LogP contribution in [0.2, 0.25) is 0 Å². The molecule has 0 fully saturated rings. The molecule has 1 heterocycles. The average Bonchev–Trinajstić information content (AvgIpc) is 2.92. The summed E-state index contributed by atoms with van der Waals surface area (Å²) in [6, 6.07) is 7.90. The van der Waals surface area contributed by atoms with E-state index in [0.29, 0.717) is 6.42 Å². The molecule has 20 heavy (non-hydrogen) atoms. The molecule has 1 amide bonds. The highest BCUT2D eigenvalue weighted by molar-refractivity contribution is 7.13. The molecule has 0 saturated carbocycles. The number of rotatable bonds is 6. The van der Waals surface area contributed by atoms with Crippen molar-refractivity contribution >= 4 is 22.9 Å². The predicted molar refractivity (Wildman–Crippen MR) is 83.7 cm³/mol. The van der Waals surface area contributed by atoms with Gasteiger partial charge in [0, 0.05) is 35.3 Å². The molecule has 106 valence electrons. The normalized spacial score (nSPS) is 12.1. The summed E-state index contributed by atoms with van der Waals surface area (Å²) in [7, 11) is 0. The highest BCUT2D eigenvalue weighted by Gasteiger charge is 2.05. The van der Waals surface area contributed by atoms with Crippen molar-refractivity contribution in [1.82, 2.24) is 4.98 Å². The number of thiazole rings is 1. The van der Waals surface area contributed by atoms with Crippen LogP contribution in [0.3, 0.4) is 0 Å². The van der Waals surface area contributed by atoms with E-state index in [1.165, 1.54) is 0 Å². The van der Waals surface area contributed by atoms with E-state index < -0.39 is 0 Å². The maximum Gasteiger partial charge on any atom is 0.224 e. The number of carbonyl (C=O) groups excluding carboxylic acids is 1. The Bertz CT molecular complexity index is 552. The zero-order valence-corrected chi connectivity index (χ0v) is 12.3. The van der Waals surface area contributed by atoms with Crippen LogP contribution in [0.25, 0.3) is 10.6 Å². The molecule has 2 aromatic rings. The number of nitrogens with two attached hydrogens (primary N) is 1. The summed E-state index contributed by atoms with van der Waals surface area (Å²) in [6.07, 6.45) is 3.96. The Kier molecular flexibility index (Phi) is 5.26. The monoisotopic (exact) mass is 289 g/mol. The molecule has 0 spiro atoms. The van der Waals surface area contributed by atoms with Gasteiger partial charge in [-0.3, -0.25) is 4.79 Å². The first kappa shape index (κ1) is 14.7. The van der Waals surface area contributed by atoms with Gasteiger partial charge < -0.3 is 11.1 Å². The Morgan fingerprint density at radius 1 is 1.50 bits per heavy atom. The molecule has 3 N–H and O–H groups in total. The van der Waals surface area contributed by atoms with Crippen LogP contribution in [-0.4, -0.2) is 16.9 Å². The van der Waals surface area contributed by atoms with Crippen molar-refractivity contribution in [3.05, 3.63) is 35.8 Å². The van der Waals surface area contributed by atoms with Crippen LogP contribution in [0, 0.1) is 0 Å². The molecule has 1 aromatic heterocycles. The van der Waals surface area contributed by atoms with E-state index in [4.69, 9.17) is 5.73 Å². The average molecular weight is 289 g/mol. The van der Waals surface area contributed by atoms with Crippen molar-refractivity contribution in [1.29, 1.82) is 0 Å². The molecular weight excluding hydrogens is 270 g/mol. The molecule has 1 atom stereocenters. The van der Waals surface area contributed by atoms with E-state index >= 15 is 0 Å². The van der Waals surface area contributed by atoms with E-state index in [0.717, 1.165) is 29.1 Å². The van der Waals surface area contributed by atoms with Crippen LogP contribution < -0.4 is 11.1 Å². The fourth-order valence-corrected chi connectivity index (χ4v) is 2.54. The van der Waals surface area contributed by atoms with Crippen molar-refractivity contribution in [2.45, 2.75) is 32.2 Å². The molecule has 0 aliphatic rings. The minimum absolute atomic E-state index is 0.0296.